The smallest absolute Gasteiger partial charge is 0.272 e. The Morgan fingerprint density at radius 1 is 1.15 bits per heavy atom. The summed E-state index contributed by atoms with van der Waals surface area (Å²) in [5.41, 5.74) is 2.78. The lowest BCUT2D eigenvalue weighted by Gasteiger charge is -2.17. The summed E-state index contributed by atoms with van der Waals surface area (Å²) < 4.78 is 8.27. The minimum absolute atomic E-state index is 0.0195. The van der Waals surface area contributed by atoms with Gasteiger partial charge in [0, 0.05) is 42.6 Å². The fourth-order valence-corrected chi connectivity index (χ4v) is 6.63. The van der Waals surface area contributed by atoms with Crippen LogP contribution in [-0.2, 0) is 21.8 Å². The third-order valence-corrected chi connectivity index (χ3v) is 8.56. The number of thioether (sulfide) groups is 1. The Balaban J connectivity index is 1.32. The second-order valence-corrected chi connectivity index (χ2v) is 10.6. The quantitative estimate of drug-likeness (QED) is 0.289. The van der Waals surface area contributed by atoms with Crippen molar-refractivity contribution >= 4 is 55.1 Å². The standard InChI is InChI=1S/C25H24N4O3S2/c30-20-6-2-12-28(20)17-9-7-16(8-10-17)15-33-25-27-21-19-5-1-11-26-23(19)34-22(21)24(31)29(25)14-18-4-3-13-32-18/h1,5,7-11,18H,2-4,6,12-15H2. The van der Waals surface area contributed by atoms with E-state index in [2.05, 4.69) is 17.1 Å². The molecule has 1 amide bonds. The van der Waals surface area contributed by atoms with Crippen molar-refractivity contribution in [3.63, 3.8) is 0 Å². The Kier molecular flexibility index (Phi) is 5.84. The Hall–Kier alpha value is -2.75. The summed E-state index contributed by atoms with van der Waals surface area (Å²) in [6, 6.07) is 12.0. The molecule has 0 saturated carbocycles. The second kappa shape index (κ2) is 9.13. The first-order valence-electron chi connectivity index (χ1n) is 11.6. The van der Waals surface area contributed by atoms with Gasteiger partial charge in [0.1, 0.15) is 9.53 Å². The molecular weight excluding hydrogens is 468 g/mol. The van der Waals surface area contributed by atoms with Gasteiger partial charge in [0.15, 0.2) is 5.16 Å². The third kappa shape index (κ3) is 4.01. The van der Waals surface area contributed by atoms with Gasteiger partial charge in [-0.05, 0) is 49.1 Å². The van der Waals surface area contributed by atoms with E-state index in [1.165, 1.54) is 11.3 Å². The number of thiophene rings is 1. The van der Waals surface area contributed by atoms with Crippen molar-refractivity contribution in [2.24, 2.45) is 0 Å². The highest BCUT2D eigenvalue weighted by Crippen LogP contribution is 2.32. The van der Waals surface area contributed by atoms with Crippen molar-refractivity contribution in [1.29, 1.82) is 0 Å². The summed E-state index contributed by atoms with van der Waals surface area (Å²) in [6.07, 6.45) is 5.31. The first-order chi connectivity index (χ1) is 16.7. The zero-order chi connectivity index (χ0) is 23.1. The number of hydrogen-bond donors (Lipinski definition) is 0. The zero-order valence-electron chi connectivity index (χ0n) is 18.6. The summed E-state index contributed by atoms with van der Waals surface area (Å²) >= 11 is 2.97. The number of ether oxygens (including phenoxy) is 1. The average molecular weight is 493 g/mol. The van der Waals surface area contributed by atoms with Gasteiger partial charge in [0.2, 0.25) is 5.91 Å². The minimum atomic E-state index is -0.0195. The summed E-state index contributed by atoms with van der Waals surface area (Å²) in [5.74, 6) is 0.869. The predicted molar refractivity (Wildman–Crippen MR) is 136 cm³/mol. The van der Waals surface area contributed by atoms with Crippen LogP contribution in [0, 0.1) is 0 Å². The van der Waals surface area contributed by atoms with Gasteiger partial charge in [-0.3, -0.25) is 14.2 Å². The number of carbonyl (C=O) groups is 1. The van der Waals surface area contributed by atoms with Crippen LogP contribution in [0.4, 0.5) is 5.69 Å². The number of aromatic nitrogens is 3. The van der Waals surface area contributed by atoms with E-state index in [1.807, 2.05) is 29.2 Å². The Labute approximate surface area is 204 Å². The molecule has 0 aliphatic carbocycles. The van der Waals surface area contributed by atoms with E-state index in [1.54, 1.807) is 22.5 Å². The number of carbonyl (C=O) groups excluding carboxylic acids is 1. The van der Waals surface area contributed by atoms with E-state index in [4.69, 9.17) is 9.72 Å². The number of fused-ring (bicyclic) bond motifs is 3. The number of hydrogen-bond acceptors (Lipinski definition) is 7. The number of pyridine rings is 1. The van der Waals surface area contributed by atoms with E-state index >= 15 is 0 Å². The lowest BCUT2D eigenvalue weighted by molar-refractivity contribution is -0.117. The fourth-order valence-electron chi connectivity index (χ4n) is 4.65. The van der Waals surface area contributed by atoms with Crippen LogP contribution in [0.5, 0.6) is 0 Å². The SMILES string of the molecule is O=C1CCCN1c1ccc(CSc2nc3c(sc4ncccc43)c(=O)n2CC2CCCO2)cc1. The van der Waals surface area contributed by atoms with Crippen LogP contribution in [0.25, 0.3) is 20.4 Å². The molecule has 5 heterocycles. The molecule has 1 atom stereocenters. The van der Waals surface area contributed by atoms with Crippen LogP contribution in [0.1, 0.15) is 31.2 Å². The molecule has 1 unspecified atom stereocenters. The van der Waals surface area contributed by atoms with Crippen LogP contribution < -0.4 is 10.5 Å². The van der Waals surface area contributed by atoms with Gasteiger partial charge >= 0.3 is 0 Å². The lowest BCUT2D eigenvalue weighted by Crippen LogP contribution is -2.28. The molecule has 4 aromatic rings. The van der Waals surface area contributed by atoms with Crippen LogP contribution in [0.3, 0.4) is 0 Å². The predicted octanol–water partition coefficient (Wildman–Crippen LogP) is 4.60. The molecule has 9 heteroatoms. The number of amides is 1. The van der Waals surface area contributed by atoms with Crippen LogP contribution >= 0.6 is 23.1 Å². The molecule has 6 rings (SSSR count). The summed E-state index contributed by atoms with van der Waals surface area (Å²) in [5, 5.41) is 1.63. The van der Waals surface area contributed by atoms with Gasteiger partial charge in [0.25, 0.3) is 5.56 Å². The molecule has 2 fully saturated rings. The monoisotopic (exact) mass is 492 g/mol. The Morgan fingerprint density at radius 2 is 2.03 bits per heavy atom. The largest absolute Gasteiger partial charge is 0.376 e. The highest BCUT2D eigenvalue weighted by Gasteiger charge is 2.23. The number of nitrogens with zero attached hydrogens (tertiary/aromatic N) is 4. The van der Waals surface area contributed by atoms with E-state index in [0.717, 1.165) is 59.4 Å². The molecule has 0 radical (unpaired) electrons. The van der Waals surface area contributed by atoms with Crippen molar-refractivity contribution in [2.45, 2.75) is 49.2 Å². The first-order valence-corrected chi connectivity index (χ1v) is 13.4. The third-order valence-electron chi connectivity index (χ3n) is 6.42. The molecule has 7 nitrogen and oxygen atoms in total. The topological polar surface area (TPSA) is 77.3 Å². The van der Waals surface area contributed by atoms with Crippen molar-refractivity contribution in [1.82, 2.24) is 14.5 Å². The lowest BCUT2D eigenvalue weighted by atomic mass is 10.2. The number of anilines is 1. The molecule has 174 valence electrons. The van der Waals surface area contributed by atoms with E-state index in [-0.39, 0.29) is 17.6 Å². The van der Waals surface area contributed by atoms with Gasteiger partial charge in [-0.1, -0.05) is 23.9 Å². The second-order valence-electron chi connectivity index (χ2n) is 8.69. The van der Waals surface area contributed by atoms with Crippen molar-refractivity contribution in [3.05, 3.63) is 58.5 Å². The normalized spacial score (nSPS) is 18.5. The van der Waals surface area contributed by atoms with Crippen LogP contribution in [0.15, 0.2) is 52.5 Å². The average Bonchev–Trinajstić information content (AvgIpc) is 3.61. The first kappa shape index (κ1) is 21.8. The molecule has 2 aliphatic rings. The molecule has 2 saturated heterocycles. The maximum atomic E-state index is 13.5. The molecule has 0 spiro atoms. The summed E-state index contributed by atoms with van der Waals surface area (Å²) in [7, 11) is 0. The van der Waals surface area contributed by atoms with Gasteiger partial charge < -0.3 is 9.64 Å². The van der Waals surface area contributed by atoms with Crippen molar-refractivity contribution < 1.29 is 9.53 Å². The maximum Gasteiger partial charge on any atom is 0.272 e. The van der Waals surface area contributed by atoms with E-state index < -0.39 is 0 Å². The fraction of sp³-hybridized carbons (Fsp3) is 0.360. The Morgan fingerprint density at radius 3 is 2.79 bits per heavy atom. The number of rotatable bonds is 6. The molecule has 2 aliphatic heterocycles. The van der Waals surface area contributed by atoms with Gasteiger partial charge in [-0.2, -0.15) is 0 Å². The van der Waals surface area contributed by atoms with Gasteiger partial charge in [0.05, 0.1) is 18.2 Å². The van der Waals surface area contributed by atoms with Crippen LogP contribution in [0.2, 0.25) is 0 Å². The number of benzene rings is 1. The van der Waals surface area contributed by atoms with Crippen molar-refractivity contribution in [2.75, 3.05) is 18.1 Å². The zero-order valence-corrected chi connectivity index (χ0v) is 20.2. The van der Waals surface area contributed by atoms with Gasteiger partial charge in [-0.15, -0.1) is 11.3 Å². The van der Waals surface area contributed by atoms with E-state index in [9.17, 15) is 9.59 Å². The Bertz CT molecular complexity index is 1420. The molecule has 1 aromatic carbocycles. The maximum absolute atomic E-state index is 13.5. The molecule has 34 heavy (non-hydrogen) atoms. The summed E-state index contributed by atoms with van der Waals surface area (Å²) in [4.78, 5) is 37.6. The van der Waals surface area contributed by atoms with Crippen molar-refractivity contribution in [3.8, 4) is 0 Å². The van der Waals surface area contributed by atoms with Crippen LogP contribution in [-0.4, -0.2) is 39.7 Å². The molecule has 0 N–H and O–H groups in total. The highest BCUT2D eigenvalue weighted by atomic mass is 32.2. The molecule has 3 aromatic heterocycles. The minimum Gasteiger partial charge on any atom is -0.376 e. The highest BCUT2D eigenvalue weighted by molar-refractivity contribution is 7.98. The molecule has 0 bridgehead atoms. The summed E-state index contributed by atoms with van der Waals surface area (Å²) in [6.45, 7) is 2.05. The van der Waals surface area contributed by atoms with E-state index in [0.29, 0.717) is 28.6 Å². The molecular formula is C25H24N4O3S2. The van der Waals surface area contributed by atoms with Gasteiger partial charge in [-0.25, -0.2) is 9.97 Å².